The van der Waals surface area contributed by atoms with Crippen molar-refractivity contribution in [3.8, 4) is 0 Å². The topological polar surface area (TPSA) is 185 Å². The van der Waals surface area contributed by atoms with E-state index in [4.69, 9.17) is 36.1 Å². The summed E-state index contributed by atoms with van der Waals surface area (Å²) in [5, 5.41) is 21.5. The summed E-state index contributed by atoms with van der Waals surface area (Å²) in [5.74, 6) is 2.71. The van der Waals surface area contributed by atoms with Crippen LogP contribution in [0.2, 0.25) is 0 Å². The molecule has 0 saturated heterocycles. The predicted octanol–water partition coefficient (Wildman–Crippen LogP) is 4.89. The van der Waals surface area contributed by atoms with Gasteiger partial charge >= 0.3 is 0 Å². The molecule has 11 unspecified atom stereocenters. The van der Waals surface area contributed by atoms with Crippen molar-refractivity contribution in [2.24, 2.45) is 99.1 Å². The van der Waals surface area contributed by atoms with Crippen LogP contribution in [0, 0.1) is 76.9 Å². The maximum Gasteiger partial charge on any atom is 0.185 e. The third-order valence-electron chi connectivity index (χ3n) is 12.6. The number of ether oxygens (including phenoxy) is 4. The third kappa shape index (κ3) is 14.9. The lowest BCUT2D eigenvalue weighted by molar-refractivity contribution is -0.130. The fraction of sp³-hybridized carbons (Fsp3) is 0.952. The molecule has 53 heavy (non-hydrogen) atoms. The van der Waals surface area contributed by atoms with E-state index >= 15 is 0 Å². The first-order valence-corrected chi connectivity index (χ1v) is 21.2. The summed E-state index contributed by atoms with van der Waals surface area (Å²) in [7, 11) is 0. The molecule has 0 heterocycles. The van der Waals surface area contributed by atoms with Gasteiger partial charge in [-0.25, -0.2) is 0 Å². The molecule has 0 amide bonds. The molecule has 11 nitrogen and oxygen atoms in total. The first-order chi connectivity index (χ1) is 25.4. The number of aliphatic imine (C=N–C) groups is 1. The van der Waals surface area contributed by atoms with Crippen LogP contribution in [-0.4, -0.2) is 101 Å². The molecule has 3 aliphatic rings. The first-order valence-electron chi connectivity index (χ1n) is 21.2. The number of carbonyl (C=O) groups excluding carboxylic acids is 1. The van der Waals surface area contributed by atoms with E-state index in [-0.39, 0.29) is 84.4 Å². The van der Waals surface area contributed by atoms with Crippen LogP contribution in [0.15, 0.2) is 4.99 Å². The lowest BCUT2D eigenvalue weighted by Crippen LogP contribution is -2.38. The summed E-state index contributed by atoms with van der Waals surface area (Å²) in [6, 6.07) is -0.120. The van der Waals surface area contributed by atoms with Crippen LogP contribution in [0.3, 0.4) is 0 Å². The Bertz CT molecular complexity index is 1040. The second-order valence-corrected chi connectivity index (χ2v) is 18.1. The van der Waals surface area contributed by atoms with E-state index in [1.807, 2.05) is 0 Å². The fourth-order valence-corrected chi connectivity index (χ4v) is 9.62. The number of guanidine groups is 1. The van der Waals surface area contributed by atoms with Crippen LogP contribution in [0.5, 0.6) is 0 Å². The van der Waals surface area contributed by atoms with Crippen molar-refractivity contribution >= 4 is 11.7 Å². The Morgan fingerprint density at radius 3 is 1.53 bits per heavy atom. The first kappa shape index (κ1) is 46.0. The van der Waals surface area contributed by atoms with Crippen molar-refractivity contribution in [1.29, 1.82) is 0 Å². The van der Waals surface area contributed by atoms with Gasteiger partial charge in [-0.1, -0.05) is 41.5 Å². The maximum atomic E-state index is 14.8. The van der Waals surface area contributed by atoms with E-state index in [0.29, 0.717) is 76.3 Å². The highest BCUT2D eigenvalue weighted by atomic mass is 16.5. The van der Waals surface area contributed by atoms with Gasteiger partial charge in [-0.2, -0.15) is 0 Å². The smallest absolute Gasteiger partial charge is 0.185 e. The van der Waals surface area contributed by atoms with Crippen molar-refractivity contribution < 1.29 is 34.0 Å². The Morgan fingerprint density at radius 2 is 1.11 bits per heavy atom. The number of ketones is 1. The lowest BCUT2D eigenvalue weighted by Gasteiger charge is -2.33. The van der Waals surface area contributed by atoms with Crippen LogP contribution in [0.25, 0.3) is 0 Å². The number of aliphatic hydroxyl groups excluding tert-OH is 2. The highest BCUT2D eigenvalue weighted by Crippen LogP contribution is 2.55. The zero-order valence-corrected chi connectivity index (χ0v) is 34.3. The van der Waals surface area contributed by atoms with Crippen LogP contribution in [0.4, 0.5) is 0 Å². The minimum absolute atomic E-state index is 0.0118. The van der Waals surface area contributed by atoms with Crippen LogP contribution < -0.4 is 17.2 Å². The molecular weight excluding hydrogens is 672 g/mol. The highest BCUT2D eigenvalue weighted by molar-refractivity contribution is 5.86. The molecule has 3 fully saturated rings. The second-order valence-electron chi connectivity index (χ2n) is 18.1. The van der Waals surface area contributed by atoms with Crippen molar-refractivity contribution in [3.63, 3.8) is 0 Å². The van der Waals surface area contributed by atoms with Gasteiger partial charge in [0.05, 0.1) is 19.8 Å². The van der Waals surface area contributed by atoms with Gasteiger partial charge in [0.1, 0.15) is 5.78 Å². The Hall–Kier alpha value is -1.34. The average molecular weight is 753 g/mol. The van der Waals surface area contributed by atoms with E-state index in [2.05, 4.69) is 46.5 Å². The number of hydrogen-bond acceptors (Lipinski definition) is 9. The molecule has 3 aliphatic carbocycles. The molecule has 0 aliphatic heterocycles. The third-order valence-corrected chi connectivity index (χ3v) is 12.6. The molecule has 11 atom stereocenters. The minimum atomic E-state index is -0.137. The van der Waals surface area contributed by atoms with Crippen molar-refractivity contribution in [1.82, 2.24) is 0 Å². The predicted molar refractivity (Wildman–Crippen MR) is 212 cm³/mol. The molecule has 0 aromatic carbocycles. The Labute approximate surface area is 322 Å². The molecular formula is C42H80N4O7. The van der Waals surface area contributed by atoms with Gasteiger partial charge in [0, 0.05) is 70.7 Å². The Balaban J connectivity index is 1.76. The van der Waals surface area contributed by atoms with Crippen molar-refractivity contribution in [2.75, 3.05) is 72.6 Å². The van der Waals surface area contributed by atoms with E-state index in [9.17, 15) is 15.0 Å². The molecule has 0 aromatic rings. The number of rotatable bonds is 27. The summed E-state index contributed by atoms with van der Waals surface area (Å²) in [4.78, 5) is 18.8. The SMILES string of the molecule is CC(C)CCOCC1CC(CO)C(C2CCC(C3C(CO)CC(COCC(N)CCCN=C(N)N)C3COCCC(C)C)C2=O)C1COCCC(C)C. The number of hydrogen-bond donors (Lipinski definition) is 5. The standard InChI is InChI=1S/C42H80N4O7/c1-27(2)11-15-50-22-32-18-30(20-47)39(37(32)25-51-16-12-28(3)4)35-9-10-36(41(35)49)40-31(21-48)19-33(38(40)26-52-17-13-29(5)6)23-53-24-34(43)8-7-14-46-42(44)45/h27-40,47-48H,7-26,43H2,1-6H3,(H4,44,45,46). The summed E-state index contributed by atoms with van der Waals surface area (Å²) in [5.41, 5.74) is 17.3. The van der Waals surface area contributed by atoms with Crippen LogP contribution >= 0.6 is 0 Å². The van der Waals surface area contributed by atoms with Crippen molar-refractivity contribution in [3.05, 3.63) is 0 Å². The Kier molecular flexibility index (Phi) is 21.1. The second kappa shape index (κ2) is 24.3. The van der Waals surface area contributed by atoms with Gasteiger partial charge in [-0.05, 0) is 123 Å². The minimum Gasteiger partial charge on any atom is -0.396 e. The quantitative estimate of drug-likeness (QED) is 0.0440. The van der Waals surface area contributed by atoms with E-state index < -0.39 is 0 Å². The summed E-state index contributed by atoms with van der Waals surface area (Å²) >= 11 is 0. The lowest BCUT2D eigenvalue weighted by atomic mass is 9.73. The van der Waals surface area contributed by atoms with E-state index in [1.54, 1.807) is 0 Å². The fourth-order valence-electron chi connectivity index (χ4n) is 9.62. The average Bonchev–Trinajstić information content (AvgIpc) is 3.76. The zero-order valence-electron chi connectivity index (χ0n) is 34.3. The summed E-state index contributed by atoms with van der Waals surface area (Å²) in [6.45, 7) is 18.8. The number of carbonyl (C=O) groups is 1. The number of Topliss-reactive ketones (excluding diaryl/α,β-unsaturated/α-hetero) is 1. The van der Waals surface area contributed by atoms with E-state index in [1.165, 1.54) is 0 Å². The zero-order chi connectivity index (χ0) is 38.9. The van der Waals surface area contributed by atoms with Crippen LogP contribution in [0.1, 0.15) is 99.3 Å². The normalized spacial score (nSPS) is 31.1. The van der Waals surface area contributed by atoms with Gasteiger partial charge in [-0.3, -0.25) is 9.79 Å². The number of nitrogens with two attached hydrogens (primary N) is 3. The Morgan fingerprint density at radius 1 is 0.679 bits per heavy atom. The van der Waals surface area contributed by atoms with Gasteiger partial charge < -0.3 is 46.4 Å². The number of nitrogens with zero attached hydrogens (tertiary/aromatic N) is 1. The van der Waals surface area contributed by atoms with Gasteiger partial charge in [0.15, 0.2) is 5.96 Å². The van der Waals surface area contributed by atoms with Gasteiger partial charge in [0.25, 0.3) is 0 Å². The highest BCUT2D eigenvalue weighted by Gasteiger charge is 2.56. The molecule has 0 bridgehead atoms. The maximum absolute atomic E-state index is 14.8. The molecule has 3 saturated carbocycles. The largest absolute Gasteiger partial charge is 0.396 e. The molecule has 3 rings (SSSR count). The summed E-state index contributed by atoms with van der Waals surface area (Å²) < 4.78 is 25.2. The van der Waals surface area contributed by atoms with Crippen LogP contribution in [-0.2, 0) is 23.7 Å². The molecule has 0 radical (unpaired) electrons. The molecule has 0 aromatic heterocycles. The monoisotopic (exact) mass is 753 g/mol. The van der Waals surface area contributed by atoms with Crippen molar-refractivity contribution in [2.45, 2.75) is 105 Å². The molecule has 11 heteroatoms. The van der Waals surface area contributed by atoms with Gasteiger partial charge in [-0.15, -0.1) is 0 Å². The molecule has 310 valence electrons. The van der Waals surface area contributed by atoms with E-state index in [0.717, 1.165) is 64.4 Å². The van der Waals surface area contributed by atoms with Gasteiger partial charge in [0.2, 0.25) is 0 Å². The molecule has 0 spiro atoms. The molecule has 8 N–H and O–H groups in total. The summed E-state index contributed by atoms with van der Waals surface area (Å²) in [6.07, 6.45) is 7.84. The number of aliphatic hydroxyl groups is 2.